The van der Waals surface area contributed by atoms with Crippen molar-refractivity contribution >= 4 is 0 Å². The van der Waals surface area contributed by atoms with E-state index in [0.717, 1.165) is 29.9 Å². The van der Waals surface area contributed by atoms with Gasteiger partial charge in [0.25, 0.3) is 5.56 Å². The minimum atomic E-state index is -0.101. The zero-order valence-corrected chi connectivity index (χ0v) is 11.8. The van der Waals surface area contributed by atoms with Gasteiger partial charge >= 0.3 is 0 Å². The molecule has 4 aliphatic carbocycles. The molecule has 108 valence electrons. The Morgan fingerprint density at radius 2 is 1.85 bits per heavy atom. The van der Waals surface area contributed by atoms with Crippen molar-refractivity contribution in [2.75, 3.05) is 0 Å². The van der Waals surface area contributed by atoms with Crippen LogP contribution in [0.15, 0.2) is 17.2 Å². The minimum Gasteiger partial charge on any atom is -0.323 e. The van der Waals surface area contributed by atoms with E-state index < -0.39 is 0 Å². The van der Waals surface area contributed by atoms with Gasteiger partial charge in [0.1, 0.15) is 0 Å². The van der Waals surface area contributed by atoms with E-state index in [1.807, 2.05) is 0 Å². The summed E-state index contributed by atoms with van der Waals surface area (Å²) >= 11 is 0. The monoisotopic (exact) mass is 273 g/mol. The molecule has 4 bridgehead atoms. The van der Waals surface area contributed by atoms with E-state index in [0.29, 0.717) is 5.41 Å². The van der Waals surface area contributed by atoms with E-state index in [9.17, 15) is 4.79 Å². The lowest BCUT2D eigenvalue weighted by Crippen LogP contribution is -2.47. The molecule has 1 aromatic heterocycles. The molecule has 0 aliphatic heterocycles. The van der Waals surface area contributed by atoms with Gasteiger partial charge in [-0.2, -0.15) is 0 Å². The van der Waals surface area contributed by atoms with Crippen LogP contribution in [0, 0.1) is 23.2 Å². The summed E-state index contributed by atoms with van der Waals surface area (Å²) in [6.07, 6.45) is 10.9. The SMILES string of the molecule is NC(CC12CC3CC(CC(C3)C1)C2)c1cc(=O)[nH]cn1. The first kappa shape index (κ1) is 12.6. The van der Waals surface area contributed by atoms with Crippen LogP contribution in [0.25, 0.3) is 0 Å². The summed E-state index contributed by atoms with van der Waals surface area (Å²) in [5.41, 5.74) is 7.47. The quantitative estimate of drug-likeness (QED) is 0.888. The molecule has 5 rings (SSSR count). The highest BCUT2D eigenvalue weighted by Crippen LogP contribution is 2.62. The van der Waals surface area contributed by atoms with Crippen molar-refractivity contribution in [3.05, 3.63) is 28.4 Å². The number of aromatic nitrogens is 2. The van der Waals surface area contributed by atoms with Crippen molar-refractivity contribution in [2.45, 2.75) is 51.0 Å². The molecule has 1 atom stereocenters. The first-order chi connectivity index (χ1) is 9.62. The van der Waals surface area contributed by atoms with Gasteiger partial charge in [0, 0.05) is 12.1 Å². The second-order valence-electron chi connectivity index (χ2n) is 7.56. The maximum absolute atomic E-state index is 11.4. The van der Waals surface area contributed by atoms with Gasteiger partial charge in [-0.15, -0.1) is 0 Å². The lowest BCUT2D eigenvalue weighted by atomic mass is 9.48. The predicted molar refractivity (Wildman–Crippen MR) is 77.0 cm³/mol. The molecule has 1 aromatic rings. The molecule has 0 radical (unpaired) electrons. The first-order valence-corrected chi connectivity index (χ1v) is 7.92. The molecular formula is C16H23N3O. The summed E-state index contributed by atoms with van der Waals surface area (Å²) in [6.45, 7) is 0. The average Bonchev–Trinajstić information content (AvgIpc) is 2.36. The zero-order chi connectivity index (χ0) is 13.7. The second-order valence-corrected chi connectivity index (χ2v) is 7.56. The summed E-state index contributed by atoms with van der Waals surface area (Å²) in [7, 11) is 0. The fourth-order valence-electron chi connectivity index (χ4n) is 5.70. The van der Waals surface area contributed by atoms with Crippen molar-refractivity contribution in [2.24, 2.45) is 28.9 Å². The Kier molecular flexibility index (Phi) is 2.78. The molecule has 0 amide bonds. The summed E-state index contributed by atoms with van der Waals surface area (Å²) < 4.78 is 0. The highest BCUT2D eigenvalue weighted by Gasteiger charge is 2.51. The maximum Gasteiger partial charge on any atom is 0.250 e. The van der Waals surface area contributed by atoms with Gasteiger partial charge < -0.3 is 10.7 Å². The van der Waals surface area contributed by atoms with Gasteiger partial charge in [-0.25, -0.2) is 4.98 Å². The van der Waals surface area contributed by atoms with Gasteiger partial charge in [-0.3, -0.25) is 4.79 Å². The molecule has 1 unspecified atom stereocenters. The van der Waals surface area contributed by atoms with Crippen LogP contribution in [0.1, 0.15) is 56.7 Å². The molecule has 4 fully saturated rings. The molecular weight excluding hydrogens is 250 g/mol. The molecule has 4 aliphatic rings. The van der Waals surface area contributed by atoms with Gasteiger partial charge in [0.2, 0.25) is 0 Å². The Morgan fingerprint density at radius 1 is 1.25 bits per heavy atom. The number of nitrogens with zero attached hydrogens (tertiary/aromatic N) is 1. The second kappa shape index (κ2) is 4.42. The molecule has 4 nitrogen and oxygen atoms in total. The van der Waals surface area contributed by atoms with E-state index in [4.69, 9.17) is 5.73 Å². The third kappa shape index (κ3) is 2.10. The van der Waals surface area contributed by atoms with Crippen LogP contribution in [0.3, 0.4) is 0 Å². The maximum atomic E-state index is 11.4. The molecule has 1 heterocycles. The lowest BCUT2D eigenvalue weighted by Gasteiger charge is -2.57. The van der Waals surface area contributed by atoms with Gasteiger partial charge in [0.15, 0.2) is 0 Å². The fourth-order valence-corrected chi connectivity index (χ4v) is 5.70. The number of aromatic amines is 1. The molecule has 4 heteroatoms. The summed E-state index contributed by atoms with van der Waals surface area (Å²) in [5.74, 6) is 2.83. The third-order valence-corrected chi connectivity index (χ3v) is 5.90. The van der Waals surface area contributed by atoms with Crippen molar-refractivity contribution in [3.8, 4) is 0 Å². The van der Waals surface area contributed by atoms with Crippen molar-refractivity contribution in [3.63, 3.8) is 0 Å². The van der Waals surface area contributed by atoms with Crippen molar-refractivity contribution in [1.82, 2.24) is 9.97 Å². The fraction of sp³-hybridized carbons (Fsp3) is 0.750. The molecule has 0 saturated heterocycles. The van der Waals surface area contributed by atoms with Gasteiger partial charge in [-0.1, -0.05) is 0 Å². The Hall–Kier alpha value is -1.16. The zero-order valence-electron chi connectivity index (χ0n) is 11.8. The van der Waals surface area contributed by atoms with Gasteiger partial charge in [0.05, 0.1) is 12.0 Å². The van der Waals surface area contributed by atoms with Crippen molar-refractivity contribution < 1.29 is 0 Å². The minimum absolute atomic E-state index is 0.0893. The molecule has 20 heavy (non-hydrogen) atoms. The highest BCUT2D eigenvalue weighted by molar-refractivity contribution is 5.09. The van der Waals surface area contributed by atoms with E-state index in [1.54, 1.807) is 6.07 Å². The van der Waals surface area contributed by atoms with E-state index in [-0.39, 0.29) is 11.6 Å². The van der Waals surface area contributed by atoms with Crippen molar-refractivity contribution in [1.29, 1.82) is 0 Å². The lowest BCUT2D eigenvalue weighted by molar-refractivity contribution is -0.0607. The average molecular weight is 273 g/mol. The Balaban J connectivity index is 1.55. The Labute approximate surface area is 119 Å². The van der Waals surface area contributed by atoms with Crippen LogP contribution in [-0.4, -0.2) is 9.97 Å². The number of hydrogen-bond acceptors (Lipinski definition) is 3. The standard InChI is InChI=1S/C16H23N3O/c17-13(14-4-15(20)19-9-18-14)8-16-5-10-1-11(6-16)3-12(2-10)7-16/h4,9-13H,1-3,5-8,17H2,(H,18,19,20). The van der Waals surface area contributed by atoms with E-state index in [1.165, 1.54) is 44.9 Å². The molecule has 3 N–H and O–H groups in total. The summed E-state index contributed by atoms with van der Waals surface area (Å²) in [5, 5.41) is 0. The van der Waals surface area contributed by atoms with E-state index in [2.05, 4.69) is 9.97 Å². The van der Waals surface area contributed by atoms with Crippen LogP contribution < -0.4 is 11.3 Å². The van der Waals surface area contributed by atoms with Crippen LogP contribution in [0.5, 0.6) is 0 Å². The number of H-pyrrole nitrogens is 1. The smallest absolute Gasteiger partial charge is 0.250 e. The number of nitrogens with two attached hydrogens (primary N) is 1. The largest absolute Gasteiger partial charge is 0.323 e. The predicted octanol–water partition coefficient (Wildman–Crippen LogP) is 2.38. The molecule has 0 spiro atoms. The molecule has 4 saturated carbocycles. The summed E-state index contributed by atoms with van der Waals surface area (Å²) in [6, 6.07) is 1.47. The Bertz CT molecular complexity index is 530. The van der Waals surface area contributed by atoms with Crippen LogP contribution in [0.2, 0.25) is 0 Å². The summed E-state index contributed by atoms with van der Waals surface area (Å²) in [4.78, 5) is 18.2. The number of hydrogen-bond donors (Lipinski definition) is 2. The van der Waals surface area contributed by atoms with E-state index >= 15 is 0 Å². The third-order valence-electron chi connectivity index (χ3n) is 5.90. The highest BCUT2D eigenvalue weighted by atomic mass is 16.1. The van der Waals surface area contributed by atoms with Crippen LogP contribution in [0.4, 0.5) is 0 Å². The van der Waals surface area contributed by atoms with Gasteiger partial charge in [-0.05, 0) is 68.1 Å². The molecule has 0 aromatic carbocycles. The first-order valence-electron chi connectivity index (χ1n) is 7.92. The normalized spacial score (nSPS) is 40.0. The number of nitrogens with one attached hydrogen (secondary N) is 1. The number of rotatable bonds is 3. The topological polar surface area (TPSA) is 71.8 Å². The Morgan fingerprint density at radius 3 is 2.40 bits per heavy atom. The van der Waals surface area contributed by atoms with Crippen LogP contribution in [-0.2, 0) is 0 Å². The van der Waals surface area contributed by atoms with Crippen LogP contribution >= 0.6 is 0 Å².